The van der Waals surface area contributed by atoms with E-state index in [1.54, 1.807) is 0 Å². The Balaban J connectivity index is 2.18. The Kier molecular flexibility index (Phi) is 4.28. The van der Waals surface area contributed by atoms with Crippen molar-refractivity contribution in [1.82, 2.24) is 0 Å². The maximum atomic E-state index is 13.3. The van der Waals surface area contributed by atoms with Crippen LogP contribution in [0.5, 0.6) is 5.75 Å². The first kappa shape index (κ1) is 15.1. The normalized spacial score (nSPS) is 11.0. The summed E-state index contributed by atoms with van der Waals surface area (Å²) in [5, 5.41) is 9.03. The first-order valence-corrected chi connectivity index (χ1v) is 6.82. The molecule has 0 unspecified atom stereocenters. The number of ether oxygens (including phenoxy) is 1. The standard InChI is InChI=1S/C18H18FNO/c1-18(2,3)15-5-4-6-17(10-15)21-12-14-9-16(19)8-7-13(14)11-20/h4-10H,12H2,1-3H3. The maximum Gasteiger partial charge on any atom is 0.123 e. The van der Waals surface area contributed by atoms with Crippen LogP contribution in [0, 0.1) is 17.1 Å². The van der Waals surface area contributed by atoms with Crippen LogP contribution in [0.4, 0.5) is 4.39 Å². The quantitative estimate of drug-likeness (QED) is 0.826. The first-order valence-electron chi connectivity index (χ1n) is 6.82. The van der Waals surface area contributed by atoms with Crippen molar-refractivity contribution in [2.24, 2.45) is 0 Å². The molecule has 2 rings (SSSR count). The van der Waals surface area contributed by atoms with Crippen molar-refractivity contribution in [3.63, 3.8) is 0 Å². The Bertz CT molecular complexity index is 680. The van der Waals surface area contributed by atoms with Gasteiger partial charge in [0.25, 0.3) is 0 Å². The van der Waals surface area contributed by atoms with Gasteiger partial charge in [-0.15, -0.1) is 0 Å². The fraction of sp³-hybridized carbons (Fsp3) is 0.278. The third-order valence-corrected chi connectivity index (χ3v) is 3.28. The summed E-state index contributed by atoms with van der Waals surface area (Å²) in [5.41, 5.74) is 2.19. The van der Waals surface area contributed by atoms with E-state index in [9.17, 15) is 4.39 Å². The summed E-state index contributed by atoms with van der Waals surface area (Å²) in [6, 6.07) is 14.0. The Labute approximate surface area is 124 Å². The van der Waals surface area contributed by atoms with E-state index in [0.717, 1.165) is 5.75 Å². The second-order valence-electron chi connectivity index (χ2n) is 5.98. The predicted octanol–water partition coefficient (Wildman–Crippen LogP) is 4.57. The molecule has 0 aliphatic rings. The molecule has 0 aliphatic carbocycles. The summed E-state index contributed by atoms with van der Waals surface area (Å²) in [6.45, 7) is 6.57. The molecule has 0 N–H and O–H groups in total. The highest BCUT2D eigenvalue weighted by Gasteiger charge is 2.14. The van der Waals surface area contributed by atoms with Gasteiger partial charge in [0.2, 0.25) is 0 Å². The highest BCUT2D eigenvalue weighted by Crippen LogP contribution is 2.26. The van der Waals surface area contributed by atoms with Gasteiger partial charge in [0.1, 0.15) is 18.2 Å². The van der Waals surface area contributed by atoms with Crippen molar-refractivity contribution in [2.45, 2.75) is 32.8 Å². The van der Waals surface area contributed by atoms with E-state index in [2.05, 4.69) is 26.8 Å². The van der Waals surface area contributed by atoms with Gasteiger partial charge in [-0.25, -0.2) is 4.39 Å². The van der Waals surface area contributed by atoms with Crippen LogP contribution in [0.2, 0.25) is 0 Å². The molecule has 0 heterocycles. The number of nitriles is 1. The summed E-state index contributed by atoms with van der Waals surface area (Å²) < 4.78 is 19.0. The number of benzene rings is 2. The lowest BCUT2D eigenvalue weighted by Crippen LogP contribution is -2.11. The molecule has 0 aliphatic heterocycles. The van der Waals surface area contributed by atoms with E-state index in [4.69, 9.17) is 10.00 Å². The number of rotatable bonds is 3. The lowest BCUT2D eigenvalue weighted by Gasteiger charge is -2.19. The molecular formula is C18H18FNO. The molecule has 0 saturated heterocycles. The first-order chi connectivity index (χ1) is 9.90. The van der Waals surface area contributed by atoms with Crippen LogP contribution < -0.4 is 4.74 Å². The van der Waals surface area contributed by atoms with Gasteiger partial charge in [0.05, 0.1) is 11.6 Å². The third-order valence-electron chi connectivity index (χ3n) is 3.28. The summed E-state index contributed by atoms with van der Waals surface area (Å²) in [5.74, 6) is 0.353. The van der Waals surface area contributed by atoms with Gasteiger partial charge < -0.3 is 4.74 Å². The van der Waals surface area contributed by atoms with Crippen LogP contribution >= 0.6 is 0 Å². The molecule has 0 fully saturated rings. The lowest BCUT2D eigenvalue weighted by molar-refractivity contribution is 0.304. The van der Waals surface area contributed by atoms with Crippen molar-refractivity contribution < 1.29 is 9.13 Å². The smallest absolute Gasteiger partial charge is 0.123 e. The monoisotopic (exact) mass is 283 g/mol. The Hall–Kier alpha value is -2.34. The van der Waals surface area contributed by atoms with Gasteiger partial charge in [0, 0.05) is 5.56 Å². The van der Waals surface area contributed by atoms with Crippen LogP contribution in [-0.4, -0.2) is 0 Å². The van der Waals surface area contributed by atoms with Crippen molar-refractivity contribution >= 4 is 0 Å². The largest absolute Gasteiger partial charge is 0.489 e. The number of halogens is 1. The second kappa shape index (κ2) is 5.97. The van der Waals surface area contributed by atoms with E-state index in [1.807, 2.05) is 24.3 Å². The van der Waals surface area contributed by atoms with Crippen LogP contribution in [0.1, 0.15) is 37.5 Å². The van der Waals surface area contributed by atoms with Gasteiger partial charge in [0.15, 0.2) is 0 Å². The van der Waals surface area contributed by atoms with Crippen LogP contribution in [-0.2, 0) is 12.0 Å². The minimum Gasteiger partial charge on any atom is -0.489 e. The average molecular weight is 283 g/mol. The zero-order chi connectivity index (χ0) is 15.5. The zero-order valence-corrected chi connectivity index (χ0v) is 12.5. The van der Waals surface area contributed by atoms with E-state index < -0.39 is 0 Å². The molecule has 0 saturated carbocycles. The highest BCUT2D eigenvalue weighted by atomic mass is 19.1. The van der Waals surface area contributed by atoms with Crippen molar-refractivity contribution in [3.05, 3.63) is 65.0 Å². The maximum absolute atomic E-state index is 13.3. The van der Waals surface area contributed by atoms with Crippen molar-refractivity contribution in [1.29, 1.82) is 5.26 Å². The van der Waals surface area contributed by atoms with Gasteiger partial charge in [-0.2, -0.15) is 5.26 Å². The molecule has 0 radical (unpaired) electrons. The van der Waals surface area contributed by atoms with Gasteiger partial charge >= 0.3 is 0 Å². The van der Waals surface area contributed by atoms with Crippen LogP contribution in [0.25, 0.3) is 0 Å². The second-order valence-corrected chi connectivity index (χ2v) is 5.98. The van der Waals surface area contributed by atoms with E-state index in [-0.39, 0.29) is 17.8 Å². The van der Waals surface area contributed by atoms with Crippen molar-refractivity contribution in [2.75, 3.05) is 0 Å². The average Bonchev–Trinajstić information content (AvgIpc) is 2.45. The molecule has 2 aromatic rings. The SMILES string of the molecule is CC(C)(C)c1cccc(OCc2cc(F)ccc2C#N)c1. The lowest BCUT2D eigenvalue weighted by atomic mass is 9.87. The highest BCUT2D eigenvalue weighted by molar-refractivity contribution is 5.38. The fourth-order valence-corrected chi connectivity index (χ4v) is 2.00. The van der Waals surface area contributed by atoms with Crippen LogP contribution in [0.3, 0.4) is 0 Å². The minimum absolute atomic E-state index is 0.0377. The van der Waals surface area contributed by atoms with Crippen LogP contribution in [0.15, 0.2) is 42.5 Å². The summed E-state index contributed by atoms with van der Waals surface area (Å²) in [7, 11) is 0. The molecule has 0 amide bonds. The molecule has 21 heavy (non-hydrogen) atoms. The molecule has 0 aromatic heterocycles. The van der Waals surface area contributed by atoms with Gasteiger partial charge in [-0.3, -0.25) is 0 Å². The predicted molar refractivity (Wildman–Crippen MR) is 80.6 cm³/mol. The number of hydrogen-bond donors (Lipinski definition) is 0. The molecule has 108 valence electrons. The fourth-order valence-electron chi connectivity index (χ4n) is 2.00. The van der Waals surface area contributed by atoms with Gasteiger partial charge in [-0.05, 0) is 41.3 Å². The number of hydrogen-bond acceptors (Lipinski definition) is 2. The third kappa shape index (κ3) is 3.82. The minimum atomic E-state index is -0.365. The summed E-state index contributed by atoms with van der Waals surface area (Å²) >= 11 is 0. The molecule has 0 spiro atoms. The number of nitrogens with zero attached hydrogens (tertiary/aromatic N) is 1. The van der Waals surface area contributed by atoms with Gasteiger partial charge in [-0.1, -0.05) is 32.9 Å². The van der Waals surface area contributed by atoms with E-state index in [0.29, 0.717) is 11.1 Å². The molecule has 0 bridgehead atoms. The molecule has 2 aromatic carbocycles. The molecular weight excluding hydrogens is 265 g/mol. The van der Waals surface area contributed by atoms with E-state index in [1.165, 1.54) is 23.8 Å². The Morgan fingerprint density at radius 2 is 1.90 bits per heavy atom. The van der Waals surface area contributed by atoms with E-state index >= 15 is 0 Å². The zero-order valence-electron chi connectivity index (χ0n) is 12.5. The van der Waals surface area contributed by atoms with Crippen molar-refractivity contribution in [3.8, 4) is 11.8 Å². The Morgan fingerprint density at radius 1 is 1.14 bits per heavy atom. The topological polar surface area (TPSA) is 33.0 Å². The molecule has 2 nitrogen and oxygen atoms in total. The Morgan fingerprint density at radius 3 is 2.57 bits per heavy atom. The molecule has 3 heteroatoms. The summed E-state index contributed by atoms with van der Waals surface area (Å²) in [6.07, 6.45) is 0. The molecule has 0 atom stereocenters. The summed E-state index contributed by atoms with van der Waals surface area (Å²) in [4.78, 5) is 0.